The molecule has 0 bridgehead atoms. The molecule has 0 aliphatic heterocycles. The molecule has 0 fully saturated rings. The Morgan fingerprint density at radius 1 is 1.17 bits per heavy atom. The van der Waals surface area contributed by atoms with Crippen LogP contribution in [0.4, 0.5) is 0 Å². The Hall–Kier alpha value is -0.940. The molecule has 4 heteroatoms. The summed E-state index contributed by atoms with van der Waals surface area (Å²) in [6.07, 6.45) is 0.412. The molecule has 0 amide bonds. The molecule has 0 radical (unpaired) electrons. The van der Waals surface area contributed by atoms with Crippen LogP contribution in [0.25, 0.3) is 0 Å². The normalized spacial score (nSPS) is 14.5. The van der Waals surface area contributed by atoms with E-state index in [1.54, 1.807) is 18.2 Å². The second-order valence-corrected chi connectivity index (χ2v) is 4.58. The molecular weight excluding hydrogens is 230 g/mol. The van der Waals surface area contributed by atoms with Gasteiger partial charge in [0.15, 0.2) is 0 Å². The zero-order chi connectivity index (χ0) is 13.5. The number of hydrogen-bond acceptors (Lipinski definition) is 4. The van der Waals surface area contributed by atoms with Crippen molar-refractivity contribution in [3.05, 3.63) is 34.9 Å². The van der Waals surface area contributed by atoms with Crippen molar-refractivity contribution >= 4 is 0 Å². The van der Waals surface area contributed by atoms with E-state index in [2.05, 4.69) is 19.2 Å². The number of aliphatic hydroxyl groups is 3. The number of rotatable bonds is 7. The molecule has 0 heterocycles. The smallest absolute Gasteiger partial charge is 0.0914 e. The van der Waals surface area contributed by atoms with E-state index in [9.17, 15) is 10.2 Å². The molecule has 0 saturated carbocycles. The second-order valence-electron chi connectivity index (χ2n) is 4.58. The Morgan fingerprint density at radius 2 is 1.83 bits per heavy atom. The van der Waals surface area contributed by atoms with Crippen molar-refractivity contribution in [3.8, 4) is 0 Å². The minimum atomic E-state index is -0.600. The van der Waals surface area contributed by atoms with Crippen LogP contribution in [0, 0.1) is 0 Å². The van der Waals surface area contributed by atoms with Crippen LogP contribution in [-0.4, -0.2) is 27.9 Å². The maximum absolute atomic E-state index is 10.0. The van der Waals surface area contributed by atoms with Gasteiger partial charge in [-0.25, -0.2) is 0 Å². The van der Waals surface area contributed by atoms with Gasteiger partial charge in [0.2, 0.25) is 0 Å². The van der Waals surface area contributed by atoms with Crippen LogP contribution >= 0.6 is 0 Å². The Balaban J connectivity index is 2.70. The highest BCUT2D eigenvalue weighted by Crippen LogP contribution is 2.18. The first-order chi connectivity index (χ1) is 8.62. The Labute approximate surface area is 108 Å². The first-order valence-corrected chi connectivity index (χ1v) is 6.37. The molecule has 4 N–H and O–H groups in total. The summed E-state index contributed by atoms with van der Waals surface area (Å²) in [7, 11) is 0. The average Bonchev–Trinajstić information content (AvgIpc) is 2.43. The minimum Gasteiger partial charge on any atom is -0.392 e. The third-order valence-corrected chi connectivity index (χ3v) is 3.23. The number of hydrogen-bond donors (Lipinski definition) is 4. The molecule has 0 aliphatic rings. The molecular formula is C14H23NO3. The Bertz CT molecular complexity index is 368. The van der Waals surface area contributed by atoms with Gasteiger partial charge in [0, 0.05) is 12.6 Å². The van der Waals surface area contributed by atoms with Gasteiger partial charge in [0.05, 0.1) is 19.3 Å². The zero-order valence-electron chi connectivity index (χ0n) is 11.1. The van der Waals surface area contributed by atoms with Gasteiger partial charge in [-0.3, -0.25) is 0 Å². The first-order valence-electron chi connectivity index (χ1n) is 6.37. The summed E-state index contributed by atoms with van der Waals surface area (Å²) in [6, 6.07) is 5.64. The molecule has 18 heavy (non-hydrogen) atoms. The highest BCUT2D eigenvalue weighted by atomic mass is 16.3. The van der Waals surface area contributed by atoms with E-state index in [4.69, 9.17) is 5.11 Å². The zero-order valence-corrected chi connectivity index (χ0v) is 11.1. The minimum absolute atomic E-state index is 0.0998. The van der Waals surface area contributed by atoms with Gasteiger partial charge in [-0.15, -0.1) is 0 Å². The third-order valence-electron chi connectivity index (χ3n) is 3.23. The molecule has 1 aromatic rings. The van der Waals surface area contributed by atoms with Crippen LogP contribution < -0.4 is 5.32 Å². The van der Waals surface area contributed by atoms with Crippen molar-refractivity contribution in [1.82, 2.24) is 5.32 Å². The van der Waals surface area contributed by atoms with Crippen molar-refractivity contribution in [2.24, 2.45) is 0 Å². The van der Waals surface area contributed by atoms with Crippen LogP contribution in [-0.2, 0) is 13.2 Å². The van der Waals surface area contributed by atoms with Gasteiger partial charge in [0.25, 0.3) is 0 Å². The van der Waals surface area contributed by atoms with Gasteiger partial charge in [0.1, 0.15) is 0 Å². The quantitative estimate of drug-likeness (QED) is 0.587. The monoisotopic (exact) mass is 253 g/mol. The molecule has 0 aromatic heterocycles. The first kappa shape index (κ1) is 15.1. The molecule has 0 saturated heterocycles. The molecule has 0 spiro atoms. The van der Waals surface area contributed by atoms with Gasteiger partial charge >= 0.3 is 0 Å². The van der Waals surface area contributed by atoms with Crippen molar-refractivity contribution in [3.63, 3.8) is 0 Å². The Morgan fingerprint density at radius 3 is 2.39 bits per heavy atom. The molecule has 1 rings (SSSR count). The van der Waals surface area contributed by atoms with E-state index in [1.807, 2.05) is 0 Å². The molecule has 102 valence electrons. The highest BCUT2D eigenvalue weighted by molar-refractivity contribution is 5.32. The van der Waals surface area contributed by atoms with E-state index in [0.29, 0.717) is 23.7 Å². The summed E-state index contributed by atoms with van der Waals surface area (Å²) in [5.41, 5.74) is 2.12. The van der Waals surface area contributed by atoms with E-state index in [-0.39, 0.29) is 13.2 Å². The Kier molecular flexibility index (Phi) is 6.29. The molecule has 1 aromatic carbocycles. The fourth-order valence-corrected chi connectivity index (χ4v) is 1.73. The molecule has 0 aliphatic carbocycles. The summed E-state index contributed by atoms with van der Waals surface area (Å²) >= 11 is 0. The summed E-state index contributed by atoms with van der Waals surface area (Å²) in [5, 5.41) is 31.6. The van der Waals surface area contributed by atoms with Crippen molar-refractivity contribution < 1.29 is 15.3 Å². The number of benzene rings is 1. The van der Waals surface area contributed by atoms with E-state index < -0.39 is 6.10 Å². The second kappa shape index (κ2) is 7.48. The van der Waals surface area contributed by atoms with Gasteiger partial charge < -0.3 is 20.6 Å². The van der Waals surface area contributed by atoms with E-state index in [0.717, 1.165) is 12.0 Å². The predicted molar refractivity (Wildman–Crippen MR) is 71.0 cm³/mol. The lowest BCUT2D eigenvalue weighted by atomic mass is 10.0. The van der Waals surface area contributed by atoms with E-state index >= 15 is 0 Å². The fraction of sp³-hybridized carbons (Fsp3) is 0.571. The molecule has 2 atom stereocenters. The van der Waals surface area contributed by atoms with Crippen molar-refractivity contribution in [1.29, 1.82) is 0 Å². The highest BCUT2D eigenvalue weighted by Gasteiger charge is 2.11. The summed E-state index contributed by atoms with van der Waals surface area (Å²) in [4.78, 5) is 0. The maximum atomic E-state index is 10.0. The van der Waals surface area contributed by atoms with E-state index in [1.165, 1.54) is 0 Å². The summed E-state index contributed by atoms with van der Waals surface area (Å²) in [6.45, 7) is 4.41. The SMILES string of the molecule is CCC(C)NCC(O)c1ccc(CO)c(CO)c1. The maximum Gasteiger partial charge on any atom is 0.0914 e. The van der Waals surface area contributed by atoms with Crippen LogP contribution in [0.2, 0.25) is 0 Å². The van der Waals surface area contributed by atoms with Gasteiger partial charge in [-0.05, 0) is 30.0 Å². The van der Waals surface area contributed by atoms with Crippen molar-refractivity contribution in [2.75, 3.05) is 6.54 Å². The largest absolute Gasteiger partial charge is 0.392 e. The van der Waals surface area contributed by atoms with Crippen LogP contribution in [0.15, 0.2) is 18.2 Å². The van der Waals surface area contributed by atoms with Crippen LogP contribution in [0.5, 0.6) is 0 Å². The topological polar surface area (TPSA) is 72.7 Å². The summed E-state index contributed by atoms with van der Waals surface area (Å²) in [5.74, 6) is 0. The summed E-state index contributed by atoms with van der Waals surface area (Å²) < 4.78 is 0. The van der Waals surface area contributed by atoms with Crippen molar-refractivity contribution in [2.45, 2.75) is 45.6 Å². The van der Waals surface area contributed by atoms with Gasteiger partial charge in [-0.1, -0.05) is 25.1 Å². The average molecular weight is 253 g/mol. The lowest BCUT2D eigenvalue weighted by Gasteiger charge is -2.17. The standard InChI is InChI=1S/C14H23NO3/c1-3-10(2)15-7-14(18)11-4-5-12(8-16)13(6-11)9-17/h4-6,10,14-18H,3,7-9H2,1-2H3. The lowest BCUT2D eigenvalue weighted by molar-refractivity contribution is 0.170. The number of aliphatic hydroxyl groups excluding tert-OH is 3. The number of nitrogens with one attached hydrogen (secondary N) is 1. The third kappa shape index (κ3) is 4.07. The predicted octanol–water partition coefficient (Wildman–Crippen LogP) is 1.09. The van der Waals surface area contributed by atoms with Crippen LogP contribution in [0.3, 0.4) is 0 Å². The fourth-order valence-electron chi connectivity index (χ4n) is 1.73. The molecule has 2 unspecified atom stereocenters. The van der Waals surface area contributed by atoms with Gasteiger partial charge in [-0.2, -0.15) is 0 Å². The lowest BCUT2D eigenvalue weighted by Crippen LogP contribution is -2.29. The van der Waals surface area contributed by atoms with Crippen LogP contribution in [0.1, 0.15) is 43.1 Å². The molecule has 4 nitrogen and oxygen atoms in total.